The van der Waals surface area contributed by atoms with Crippen LogP contribution >= 0.6 is 0 Å². The fraction of sp³-hybridized carbons (Fsp3) is 0.533. The third-order valence-electron chi connectivity index (χ3n) is 2.82. The van der Waals surface area contributed by atoms with Gasteiger partial charge in [0.1, 0.15) is 0 Å². The number of anilines is 1. The maximum Gasteiger partial charge on any atom is 0.411 e. The zero-order chi connectivity index (χ0) is 13.4. The Morgan fingerprint density at radius 2 is 1.94 bits per heavy atom. The normalized spacial score (nSPS) is 11.1. The summed E-state index contributed by atoms with van der Waals surface area (Å²) < 4.78 is 5.26. The molecule has 1 aromatic rings. The predicted octanol–water partition coefficient (Wildman–Crippen LogP) is 4.45. The summed E-state index contributed by atoms with van der Waals surface area (Å²) >= 11 is 0. The van der Waals surface area contributed by atoms with Crippen LogP contribution in [0.2, 0.25) is 0 Å². The van der Waals surface area contributed by atoms with Crippen LogP contribution in [0.3, 0.4) is 0 Å². The number of ether oxygens (including phenoxy) is 1. The second-order valence-corrected chi connectivity index (χ2v) is 5.33. The van der Waals surface area contributed by atoms with Crippen LogP contribution in [0.5, 0.6) is 0 Å². The molecule has 1 rings (SSSR count). The first-order valence-electron chi connectivity index (χ1n) is 6.52. The molecule has 0 saturated heterocycles. The average molecular weight is 249 g/mol. The number of amides is 1. The quantitative estimate of drug-likeness (QED) is 0.808. The first-order valence-corrected chi connectivity index (χ1v) is 6.52. The number of carbonyl (C=O) groups excluding carboxylic acids is 1. The molecule has 3 heteroatoms. The van der Waals surface area contributed by atoms with Gasteiger partial charge in [0, 0.05) is 5.69 Å². The van der Waals surface area contributed by atoms with Crippen molar-refractivity contribution in [1.29, 1.82) is 0 Å². The summed E-state index contributed by atoms with van der Waals surface area (Å²) in [4.78, 5) is 11.6. The Balaban J connectivity index is 2.33. The van der Waals surface area contributed by atoms with E-state index in [2.05, 4.69) is 26.1 Å². The summed E-state index contributed by atoms with van der Waals surface area (Å²) in [6.45, 7) is 6.86. The van der Waals surface area contributed by atoms with Crippen molar-refractivity contribution in [3.63, 3.8) is 0 Å². The third-order valence-corrected chi connectivity index (χ3v) is 2.82. The topological polar surface area (TPSA) is 38.3 Å². The van der Waals surface area contributed by atoms with Crippen LogP contribution in [0.15, 0.2) is 30.3 Å². The van der Waals surface area contributed by atoms with Crippen LogP contribution in [0, 0.1) is 5.41 Å². The van der Waals surface area contributed by atoms with Crippen molar-refractivity contribution in [3.8, 4) is 0 Å². The first-order chi connectivity index (χ1) is 8.53. The van der Waals surface area contributed by atoms with Crippen molar-refractivity contribution in [2.24, 2.45) is 5.41 Å². The van der Waals surface area contributed by atoms with Gasteiger partial charge in [0.05, 0.1) is 6.61 Å². The highest BCUT2D eigenvalue weighted by Gasteiger charge is 2.19. The van der Waals surface area contributed by atoms with E-state index in [1.54, 1.807) is 0 Å². The monoisotopic (exact) mass is 249 g/mol. The van der Waals surface area contributed by atoms with E-state index < -0.39 is 0 Å². The van der Waals surface area contributed by atoms with Crippen molar-refractivity contribution in [2.45, 2.75) is 40.0 Å². The standard InChI is InChI=1S/C15H23NO2/c1-4-5-11-15(2,3)12-18-14(17)16-13-9-7-6-8-10-13/h6-10H,4-5,11-12H2,1-3H3,(H,16,17). The second kappa shape index (κ2) is 7.04. The summed E-state index contributed by atoms with van der Waals surface area (Å²) in [6, 6.07) is 9.33. The Kier molecular flexibility index (Phi) is 5.69. The molecule has 0 aliphatic rings. The van der Waals surface area contributed by atoms with Gasteiger partial charge in [0.25, 0.3) is 0 Å². The smallest absolute Gasteiger partial charge is 0.411 e. The Labute approximate surface area is 110 Å². The van der Waals surface area contributed by atoms with Gasteiger partial charge in [-0.15, -0.1) is 0 Å². The number of nitrogens with one attached hydrogen (secondary N) is 1. The Hall–Kier alpha value is -1.51. The highest BCUT2D eigenvalue weighted by Crippen LogP contribution is 2.23. The molecule has 0 aromatic heterocycles. The number of para-hydroxylation sites is 1. The molecule has 0 heterocycles. The van der Waals surface area contributed by atoms with Gasteiger partial charge in [-0.3, -0.25) is 5.32 Å². The van der Waals surface area contributed by atoms with Gasteiger partial charge in [-0.2, -0.15) is 0 Å². The molecule has 0 saturated carbocycles. The molecule has 0 aliphatic carbocycles. The number of hydrogen-bond donors (Lipinski definition) is 1. The summed E-state index contributed by atoms with van der Waals surface area (Å²) in [5, 5.41) is 2.71. The second-order valence-electron chi connectivity index (χ2n) is 5.33. The maximum absolute atomic E-state index is 11.6. The molecule has 0 atom stereocenters. The summed E-state index contributed by atoms with van der Waals surface area (Å²) in [6.07, 6.45) is 3.02. The van der Waals surface area contributed by atoms with Gasteiger partial charge < -0.3 is 4.74 Å². The van der Waals surface area contributed by atoms with Gasteiger partial charge >= 0.3 is 6.09 Å². The van der Waals surface area contributed by atoms with E-state index >= 15 is 0 Å². The van der Waals surface area contributed by atoms with Crippen LogP contribution in [-0.4, -0.2) is 12.7 Å². The molecular formula is C15H23NO2. The number of rotatable bonds is 6. The SMILES string of the molecule is CCCCC(C)(C)COC(=O)Nc1ccccc1. The maximum atomic E-state index is 11.6. The third kappa shape index (κ3) is 5.71. The lowest BCUT2D eigenvalue weighted by molar-refractivity contribution is 0.104. The molecule has 100 valence electrons. The van der Waals surface area contributed by atoms with Crippen LogP contribution in [0.25, 0.3) is 0 Å². The van der Waals surface area contributed by atoms with Crippen molar-refractivity contribution >= 4 is 11.8 Å². The van der Waals surface area contributed by atoms with Crippen LogP contribution in [0.4, 0.5) is 10.5 Å². The molecule has 0 aliphatic heterocycles. The van der Waals surface area contributed by atoms with Gasteiger partial charge in [-0.05, 0) is 24.0 Å². The molecule has 1 amide bonds. The van der Waals surface area contributed by atoms with Crippen LogP contribution in [-0.2, 0) is 4.74 Å². The van der Waals surface area contributed by atoms with E-state index in [-0.39, 0.29) is 11.5 Å². The molecular weight excluding hydrogens is 226 g/mol. The minimum Gasteiger partial charge on any atom is -0.449 e. The van der Waals surface area contributed by atoms with Crippen LogP contribution in [0.1, 0.15) is 40.0 Å². The van der Waals surface area contributed by atoms with E-state index in [1.807, 2.05) is 30.3 Å². The van der Waals surface area contributed by atoms with Crippen molar-refractivity contribution in [3.05, 3.63) is 30.3 Å². The average Bonchev–Trinajstić information content (AvgIpc) is 2.36. The van der Waals surface area contributed by atoms with Crippen molar-refractivity contribution in [2.75, 3.05) is 11.9 Å². The fourth-order valence-corrected chi connectivity index (χ4v) is 1.66. The predicted molar refractivity (Wildman–Crippen MR) is 74.7 cm³/mol. The number of hydrogen-bond acceptors (Lipinski definition) is 2. The lowest BCUT2D eigenvalue weighted by Gasteiger charge is -2.23. The Morgan fingerprint density at radius 1 is 1.28 bits per heavy atom. The highest BCUT2D eigenvalue weighted by atomic mass is 16.5. The Morgan fingerprint density at radius 3 is 2.56 bits per heavy atom. The van der Waals surface area contributed by atoms with Crippen LogP contribution < -0.4 is 5.32 Å². The van der Waals surface area contributed by atoms with E-state index in [9.17, 15) is 4.79 Å². The lowest BCUT2D eigenvalue weighted by Crippen LogP contribution is -2.24. The van der Waals surface area contributed by atoms with E-state index in [0.29, 0.717) is 6.61 Å². The fourth-order valence-electron chi connectivity index (χ4n) is 1.66. The molecule has 1 N–H and O–H groups in total. The molecule has 1 aromatic carbocycles. The van der Waals surface area contributed by atoms with Gasteiger partial charge in [-0.1, -0.05) is 51.8 Å². The number of benzene rings is 1. The van der Waals surface area contributed by atoms with Crippen molar-refractivity contribution in [1.82, 2.24) is 0 Å². The van der Waals surface area contributed by atoms with E-state index in [1.165, 1.54) is 6.42 Å². The minimum absolute atomic E-state index is 0.0457. The largest absolute Gasteiger partial charge is 0.449 e. The number of carbonyl (C=O) groups is 1. The molecule has 3 nitrogen and oxygen atoms in total. The highest BCUT2D eigenvalue weighted by molar-refractivity contribution is 5.84. The zero-order valence-electron chi connectivity index (χ0n) is 11.5. The molecule has 0 spiro atoms. The molecule has 0 unspecified atom stereocenters. The number of unbranched alkanes of at least 4 members (excludes halogenated alkanes) is 1. The minimum atomic E-state index is -0.384. The molecule has 0 radical (unpaired) electrons. The van der Waals surface area contributed by atoms with Gasteiger partial charge in [0.15, 0.2) is 0 Å². The van der Waals surface area contributed by atoms with E-state index in [4.69, 9.17) is 4.74 Å². The van der Waals surface area contributed by atoms with E-state index in [0.717, 1.165) is 18.5 Å². The lowest BCUT2D eigenvalue weighted by atomic mass is 9.88. The summed E-state index contributed by atoms with van der Waals surface area (Å²) in [5.41, 5.74) is 0.804. The summed E-state index contributed by atoms with van der Waals surface area (Å²) in [5.74, 6) is 0. The van der Waals surface area contributed by atoms with Gasteiger partial charge in [-0.25, -0.2) is 4.79 Å². The molecule has 18 heavy (non-hydrogen) atoms. The summed E-state index contributed by atoms with van der Waals surface area (Å²) in [7, 11) is 0. The Bertz CT molecular complexity index is 360. The first kappa shape index (κ1) is 14.6. The van der Waals surface area contributed by atoms with Crippen molar-refractivity contribution < 1.29 is 9.53 Å². The van der Waals surface area contributed by atoms with Gasteiger partial charge in [0.2, 0.25) is 0 Å². The zero-order valence-corrected chi connectivity index (χ0v) is 11.5. The molecule has 0 bridgehead atoms. The molecule has 0 fully saturated rings.